The van der Waals surface area contributed by atoms with Gasteiger partial charge in [0.1, 0.15) is 10.8 Å². The molecule has 30 heavy (non-hydrogen) atoms. The van der Waals surface area contributed by atoms with E-state index in [0.717, 1.165) is 16.9 Å². The van der Waals surface area contributed by atoms with Crippen molar-refractivity contribution in [3.05, 3.63) is 76.3 Å². The molecule has 0 saturated heterocycles. The Labute approximate surface area is 177 Å². The summed E-state index contributed by atoms with van der Waals surface area (Å²) < 4.78 is 5.30. The molecule has 3 rings (SSSR count). The second-order valence-corrected chi connectivity index (χ2v) is 7.26. The molecule has 2 aromatic carbocycles. The Morgan fingerprint density at radius 3 is 2.53 bits per heavy atom. The lowest BCUT2D eigenvalue weighted by Crippen LogP contribution is -2.27. The minimum atomic E-state index is -0.448. The highest BCUT2D eigenvalue weighted by Gasteiger charge is 2.08. The van der Waals surface area contributed by atoms with Gasteiger partial charge in [-0.3, -0.25) is 14.9 Å². The van der Waals surface area contributed by atoms with Gasteiger partial charge in [-0.15, -0.1) is 10.2 Å². The van der Waals surface area contributed by atoms with Crippen molar-refractivity contribution in [2.75, 3.05) is 19.4 Å². The quantitative estimate of drug-likeness (QED) is 0.318. The molecule has 0 aliphatic rings. The van der Waals surface area contributed by atoms with Crippen LogP contribution in [0.25, 0.3) is 11.3 Å². The first-order valence-electron chi connectivity index (χ1n) is 9.17. The summed E-state index contributed by atoms with van der Waals surface area (Å²) in [5.41, 5.74) is 2.41. The van der Waals surface area contributed by atoms with E-state index in [-0.39, 0.29) is 17.3 Å². The van der Waals surface area contributed by atoms with Crippen molar-refractivity contribution in [3.8, 4) is 17.0 Å². The Balaban J connectivity index is 1.46. The topological polar surface area (TPSA) is 107 Å². The van der Waals surface area contributed by atoms with Gasteiger partial charge < -0.3 is 10.1 Å². The van der Waals surface area contributed by atoms with E-state index in [1.165, 1.54) is 23.9 Å². The summed E-state index contributed by atoms with van der Waals surface area (Å²) in [6.45, 7) is 0.518. The van der Waals surface area contributed by atoms with Crippen LogP contribution < -0.4 is 10.1 Å². The van der Waals surface area contributed by atoms with E-state index in [4.69, 9.17) is 4.74 Å². The first-order valence-corrected chi connectivity index (χ1v) is 10.2. The number of hydrogen-bond donors (Lipinski definition) is 1. The van der Waals surface area contributed by atoms with Gasteiger partial charge in [-0.1, -0.05) is 30.0 Å². The van der Waals surface area contributed by atoms with Crippen LogP contribution in [0.2, 0.25) is 0 Å². The van der Waals surface area contributed by atoms with Crippen LogP contribution in [0.5, 0.6) is 5.75 Å². The molecular weight excluding hydrogens is 404 g/mol. The van der Waals surface area contributed by atoms with E-state index in [1.54, 1.807) is 31.4 Å². The van der Waals surface area contributed by atoms with Gasteiger partial charge in [-0.25, -0.2) is 0 Å². The highest BCUT2D eigenvalue weighted by Crippen LogP contribution is 2.22. The predicted octanol–water partition coefficient (Wildman–Crippen LogP) is 3.51. The van der Waals surface area contributed by atoms with Gasteiger partial charge in [0.25, 0.3) is 5.69 Å². The number of benzene rings is 2. The highest BCUT2D eigenvalue weighted by atomic mass is 32.2. The number of para-hydroxylation sites is 1. The van der Waals surface area contributed by atoms with Gasteiger partial charge >= 0.3 is 0 Å². The lowest BCUT2D eigenvalue weighted by atomic mass is 10.1. The van der Waals surface area contributed by atoms with Crippen molar-refractivity contribution in [2.24, 2.45) is 0 Å². The Morgan fingerprint density at radius 2 is 1.87 bits per heavy atom. The number of non-ortho nitro benzene ring substituents is 1. The number of nitro benzene ring substituents is 1. The Kier molecular flexibility index (Phi) is 7.34. The highest BCUT2D eigenvalue weighted by molar-refractivity contribution is 7.99. The maximum Gasteiger partial charge on any atom is 0.269 e. The Bertz CT molecular complexity index is 1010. The monoisotopic (exact) mass is 424 g/mol. The molecule has 0 atom stereocenters. The molecule has 0 saturated carbocycles. The van der Waals surface area contributed by atoms with E-state index in [2.05, 4.69) is 15.5 Å². The number of carbonyl (C=O) groups excluding carboxylic acids is 1. The largest absolute Gasteiger partial charge is 0.496 e. The lowest BCUT2D eigenvalue weighted by Gasteiger charge is -2.09. The summed E-state index contributed by atoms with van der Waals surface area (Å²) in [6, 6.07) is 17.4. The van der Waals surface area contributed by atoms with Gasteiger partial charge in [-0.05, 0) is 42.3 Å². The third-order valence-electron chi connectivity index (χ3n) is 4.27. The summed E-state index contributed by atoms with van der Waals surface area (Å²) in [5, 5.41) is 22.5. The van der Waals surface area contributed by atoms with Crippen molar-refractivity contribution < 1.29 is 14.5 Å². The number of aromatic nitrogens is 2. The fraction of sp³-hybridized carbons (Fsp3) is 0.190. The van der Waals surface area contributed by atoms with Crippen LogP contribution in [0, 0.1) is 10.1 Å². The van der Waals surface area contributed by atoms with E-state index in [9.17, 15) is 14.9 Å². The van der Waals surface area contributed by atoms with Crippen LogP contribution >= 0.6 is 11.8 Å². The summed E-state index contributed by atoms with van der Waals surface area (Å²) >= 11 is 1.29. The molecule has 1 heterocycles. The zero-order valence-corrected chi connectivity index (χ0v) is 17.1. The van der Waals surface area contributed by atoms with E-state index < -0.39 is 4.92 Å². The smallest absolute Gasteiger partial charge is 0.269 e. The van der Waals surface area contributed by atoms with Crippen LogP contribution in [0.1, 0.15) is 5.56 Å². The van der Waals surface area contributed by atoms with Gasteiger partial charge in [0.15, 0.2) is 0 Å². The van der Waals surface area contributed by atoms with Crippen LogP contribution in [0.15, 0.2) is 65.7 Å². The van der Waals surface area contributed by atoms with Crippen LogP contribution in [-0.2, 0) is 11.2 Å². The first kappa shape index (κ1) is 21.3. The number of rotatable bonds is 9. The number of nitrogens with zero attached hydrogens (tertiary/aromatic N) is 3. The lowest BCUT2D eigenvalue weighted by molar-refractivity contribution is -0.384. The van der Waals surface area contributed by atoms with E-state index in [1.807, 2.05) is 24.3 Å². The number of ether oxygens (including phenoxy) is 1. The zero-order chi connectivity index (χ0) is 21.3. The predicted molar refractivity (Wildman–Crippen MR) is 115 cm³/mol. The normalized spacial score (nSPS) is 10.4. The molecule has 154 valence electrons. The molecule has 0 radical (unpaired) electrons. The van der Waals surface area contributed by atoms with Crippen molar-refractivity contribution >= 4 is 23.4 Å². The second-order valence-electron chi connectivity index (χ2n) is 6.26. The van der Waals surface area contributed by atoms with Crippen molar-refractivity contribution in [2.45, 2.75) is 11.4 Å². The molecule has 0 spiro atoms. The van der Waals surface area contributed by atoms with Crippen LogP contribution in [0.3, 0.4) is 0 Å². The van der Waals surface area contributed by atoms with Crippen LogP contribution in [-0.4, -0.2) is 40.4 Å². The number of amides is 1. The molecular formula is C21H20N4O4S. The molecule has 0 unspecified atom stereocenters. The molecule has 8 nitrogen and oxygen atoms in total. The second kappa shape index (κ2) is 10.4. The number of nitro groups is 1. The van der Waals surface area contributed by atoms with E-state index in [0.29, 0.717) is 23.7 Å². The zero-order valence-electron chi connectivity index (χ0n) is 16.3. The summed E-state index contributed by atoms with van der Waals surface area (Å²) in [5.74, 6) is 0.956. The van der Waals surface area contributed by atoms with Crippen molar-refractivity contribution in [1.82, 2.24) is 15.5 Å². The van der Waals surface area contributed by atoms with Crippen LogP contribution in [0.4, 0.5) is 5.69 Å². The van der Waals surface area contributed by atoms with E-state index >= 15 is 0 Å². The molecule has 0 fully saturated rings. The molecule has 1 N–H and O–H groups in total. The number of methoxy groups -OCH3 is 1. The molecule has 0 bridgehead atoms. The van der Waals surface area contributed by atoms with Gasteiger partial charge in [0.05, 0.1) is 23.5 Å². The maximum atomic E-state index is 12.1. The maximum absolute atomic E-state index is 12.1. The standard InChI is InChI=1S/C21H20N4O4S/c1-29-19-5-3-2-4-16(19)12-13-22-20(26)14-30-21-11-10-18(23-24-21)15-6-8-17(9-7-15)25(27)28/h2-11H,12-14H2,1H3,(H,22,26). The third kappa shape index (κ3) is 5.77. The van der Waals surface area contributed by atoms with Crippen molar-refractivity contribution in [3.63, 3.8) is 0 Å². The minimum Gasteiger partial charge on any atom is -0.496 e. The number of thioether (sulfide) groups is 1. The molecule has 0 aliphatic carbocycles. The van der Waals surface area contributed by atoms with Crippen molar-refractivity contribution in [1.29, 1.82) is 0 Å². The molecule has 0 aliphatic heterocycles. The average Bonchev–Trinajstić information content (AvgIpc) is 2.78. The molecule has 1 amide bonds. The number of nitrogens with one attached hydrogen (secondary N) is 1. The third-order valence-corrected chi connectivity index (χ3v) is 5.19. The summed E-state index contributed by atoms with van der Waals surface area (Å²) in [7, 11) is 1.63. The van der Waals surface area contributed by atoms with Gasteiger partial charge in [0.2, 0.25) is 5.91 Å². The molecule has 1 aromatic heterocycles. The number of hydrogen-bond acceptors (Lipinski definition) is 7. The van der Waals surface area contributed by atoms with Gasteiger partial charge in [-0.2, -0.15) is 0 Å². The summed E-state index contributed by atoms with van der Waals surface area (Å²) in [6.07, 6.45) is 0.685. The first-order chi connectivity index (χ1) is 14.6. The molecule has 9 heteroatoms. The Morgan fingerprint density at radius 1 is 1.10 bits per heavy atom. The fourth-order valence-electron chi connectivity index (χ4n) is 2.74. The number of carbonyl (C=O) groups is 1. The average molecular weight is 424 g/mol. The minimum absolute atomic E-state index is 0.0237. The van der Waals surface area contributed by atoms with Gasteiger partial charge in [0, 0.05) is 24.2 Å². The Hall–Kier alpha value is -3.46. The SMILES string of the molecule is COc1ccccc1CCNC(=O)CSc1ccc(-c2ccc([N+](=O)[O-])cc2)nn1. The fourth-order valence-corrected chi connectivity index (χ4v) is 3.39. The summed E-state index contributed by atoms with van der Waals surface area (Å²) in [4.78, 5) is 22.3. The molecule has 3 aromatic rings.